The number of thiocarbonyl (C=S) groups is 1. The summed E-state index contributed by atoms with van der Waals surface area (Å²) in [5.74, 6) is 1.11. The molecule has 1 N–H and O–H groups in total. The smallest absolute Gasteiger partial charge is 0.173 e. The molecular formula is C16H24N2O4S2. The first-order valence-electron chi connectivity index (χ1n) is 7.86. The molecule has 1 aromatic rings. The zero-order valence-corrected chi connectivity index (χ0v) is 15.7. The van der Waals surface area contributed by atoms with Crippen LogP contribution in [0.1, 0.15) is 12.8 Å². The van der Waals surface area contributed by atoms with Gasteiger partial charge in [-0.2, -0.15) is 0 Å². The van der Waals surface area contributed by atoms with Crippen molar-refractivity contribution in [2.75, 3.05) is 44.2 Å². The molecule has 0 aliphatic carbocycles. The van der Waals surface area contributed by atoms with E-state index in [4.69, 9.17) is 21.7 Å². The van der Waals surface area contributed by atoms with Crippen LogP contribution in [-0.4, -0.2) is 63.3 Å². The lowest BCUT2D eigenvalue weighted by atomic mass is 10.2. The second-order valence-electron chi connectivity index (χ2n) is 5.76. The molecule has 2 rings (SSSR count). The van der Waals surface area contributed by atoms with Crippen molar-refractivity contribution < 1.29 is 17.9 Å². The molecule has 8 heteroatoms. The van der Waals surface area contributed by atoms with Crippen molar-refractivity contribution in [2.24, 2.45) is 0 Å². The molecule has 0 bridgehead atoms. The van der Waals surface area contributed by atoms with Gasteiger partial charge in [0.25, 0.3) is 0 Å². The molecule has 0 amide bonds. The minimum atomic E-state index is -2.97. The van der Waals surface area contributed by atoms with Gasteiger partial charge in [-0.15, -0.1) is 0 Å². The summed E-state index contributed by atoms with van der Waals surface area (Å²) in [5.41, 5.74) is 0.817. The number of nitrogens with zero attached hydrogens (tertiary/aromatic N) is 1. The van der Waals surface area contributed by atoms with Crippen molar-refractivity contribution in [3.63, 3.8) is 0 Å². The maximum Gasteiger partial charge on any atom is 0.173 e. The van der Waals surface area contributed by atoms with Gasteiger partial charge < -0.3 is 19.7 Å². The maximum atomic E-state index is 11.8. The van der Waals surface area contributed by atoms with Crippen molar-refractivity contribution in [3.05, 3.63) is 24.3 Å². The molecular weight excluding hydrogens is 348 g/mol. The Morgan fingerprint density at radius 3 is 2.83 bits per heavy atom. The molecule has 1 heterocycles. The van der Waals surface area contributed by atoms with Gasteiger partial charge in [-0.05, 0) is 37.2 Å². The van der Waals surface area contributed by atoms with E-state index in [1.165, 1.54) is 0 Å². The summed E-state index contributed by atoms with van der Waals surface area (Å²) < 4.78 is 33.9. The predicted molar refractivity (Wildman–Crippen MR) is 99.5 cm³/mol. The maximum absolute atomic E-state index is 11.8. The van der Waals surface area contributed by atoms with Crippen LogP contribution in [0, 0.1) is 0 Å². The van der Waals surface area contributed by atoms with E-state index in [9.17, 15) is 8.42 Å². The van der Waals surface area contributed by atoms with Gasteiger partial charge in [0.15, 0.2) is 14.9 Å². The van der Waals surface area contributed by atoms with Crippen molar-refractivity contribution in [1.82, 2.24) is 4.90 Å². The van der Waals surface area contributed by atoms with E-state index in [0.717, 1.165) is 17.9 Å². The first-order chi connectivity index (χ1) is 11.4. The molecule has 1 aliphatic rings. The Kier molecular flexibility index (Phi) is 6.82. The van der Waals surface area contributed by atoms with Crippen molar-refractivity contribution in [1.29, 1.82) is 0 Å². The SMILES string of the molecule is COCCCN(C(=S)Nc1cccc(OC)c1)[C@H]1CCS(=O)(=O)C1. The largest absolute Gasteiger partial charge is 0.497 e. The van der Waals surface area contributed by atoms with Gasteiger partial charge in [0.1, 0.15) is 5.75 Å². The quantitative estimate of drug-likeness (QED) is 0.579. The van der Waals surface area contributed by atoms with Crippen LogP contribution in [-0.2, 0) is 14.6 Å². The fourth-order valence-corrected chi connectivity index (χ4v) is 4.84. The van der Waals surface area contributed by atoms with E-state index < -0.39 is 9.84 Å². The predicted octanol–water partition coefficient (Wildman–Crippen LogP) is 1.92. The van der Waals surface area contributed by atoms with E-state index in [1.54, 1.807) is 14.2 Å². The number of hydrogen-bond acceptors (Lipinski definition) is 5. The van der Waals surface area contributed by atoms with Crippen LogP contribution in [0.15, 0.2) is 24.3 Å². The normalized spacial score (nSPS) is 19.0. The summed E-state index contributed by atoms with van der Waals surface area (Å²) in [6.45, 7) is 1.27. The number of nitrogens with one attached hydrogen (secondary N) is 1. The third kappa shape index (κ3) is 5.32. The van der Waals surface area contributed by atoms with Gasteiger partial charge in [-0.1, -0.05) is 6.07 Å². The number of methoxy groups -OCH3 is 2. The van der Waals surface area contributed by atoms with Gasteiger partial charge in [0.2, 0.25) is 0 Å². The van der Waals surface area contributed by atoms with Gasteiger partial charge in [0, 0.05) is 38.1 Å². The van der Waals surface area contributed by atoms with E-state index >= 15 is 0 Å². The van der Waals surface area contributed by atoms with Crippen molar-refractivity contribution in [3.8, 4) is 5.75 Å². The monoisotopic (exact) mass is 372 g/mol. The van der Waals surface area contributed by atoms with Crippen LogP contribution >= 0.6 is 12.2 Å². The summed E-state index contributed by atoms with van der Waals surface area (Å²) in [5, 5.41) is 3.72. The molecule has 0 unspecified atom stereocenters. The standard InChI is InChI=1S/C16H24N2O4S2/c1-21-9-4-8-18(14-7-10-24(19,20)12-14)16(23)17-13-5-3-6-15(11-13)22-2/h3,5-6,11,14H,4,7-10,12H2,1-2H3,(H,17,23)/t14-/m0/s1. The molecule has 1 aromatic carbocycles. The summed E-state index contributed by atoms with van der Waals surface area (Å²) in [6.07, 6.45) is 1.39. The average Bonchev–Trinajstić information content (AvgIpc) is 2.91. The Morgan fingerprint density at radius 2 is 2.21 bits per heavy atom. The first kappa shape index (κ1) is 19.0. The molecule has 1 atom stereocenters. The minimum Gasteiger partial charge on any atom is -0.497 e. The van der Waals surface area contributed by atoms with Gasteiger partial charge in [-0.25, -0.2) is 8.42 Å². The topological polar surface area (TPSA) is 67.9 Å². The van der Waals surface area contributed by atoms with Gasteiger partial charge >= 0.3 is 0 Å². The van der Waals surface area contributed by atoms with E-state index in [-0.39, 0.29) is 17.5 Å². The van der Waals surface area contributed by atoms with E-state index in [1.807, 2.05) is 29.2 Å². The molecule has 0 saturated carbocycles. The molecule has 24 heavy (non-hydrogen) atoms. The third-order valence-electron chi connectivity index (χ3n) is 3.98. The average molecular weight is 373 g/mol. The Labute approximate surface area is 149 Å². The second-order valence-corrected chi connectivity index (χ2v) is 8.37. The van der Waals surface area contributed by atoms with Crippen LogP contribution in [0.4, 0.5) is 5.69 Å². The molecule has 6 nitrogen and oxygen atoms in total. The highest BCUT2D eigenvalue weighted by molar-refractivity contribution is 7.91. The number of ether oxygens (including phenoxy) is 2. The fraction of sp³-hybridized carbons (Fsp3) is 0.562. The molecule has 0 radical (unpaired) electrons. The first-order valence-corrected chi connectivity index (χ1v) is 10.1. The van der Waals surface area contributed by atoms with Crippen LogP contribution in [0.25, 0.3) is 0 Å². The fourth-order valence-electron chi connectivity index (χ4n) is 2.75. The highest BCUT2D eigenvalue weighted by Gasteiger charge is 2.33. The molecule has 1 fully saturated rings. The number of anilines is 1. The highest BCUT2D eigenvalue weighted by atomic mass is 32.2. The molecule has 1 saturated heterocycles. The minimum absolute atomic E-state index is 0.0857. The molecule has 1 aliphatic heterocycles. The number of rotatable bonds is 7. The zero-order chi connectivity index (χ0) is 17.6. The lowest BCUT2D eigenvalue weighted by Crippen LogP contribution is -2.44. The van der Waals surface area contributed by atoms with E-state index in [0.29, 0.717) is 24.7 Å². The third-order valence-corrected chi connectivity index (χ3v) is 6.07. The summed E-state index contributed by atoms with van der Waals surface area (Å²) >= 11 is 5.54. The second kappa shape index (κ2) is 8.64. The molecule has 0 spiro atoms. The summed E-state index contributed by atoms with van der Waals surface area (Å²) in [7, 11) is 0.291. The van der Waals surface area contributed by atoms with Crippen LogP contribution in [0.3, 0.4) is 0 Å². The number of benzene rings is 1. The highest BCUT2D eigenvalue weighted by Crippen LogP contribution is 2.21. The van der Waals surface area contributed by atoms with Crippen LogP contribution < -0.4 is 10.1 Å². The lowest BCUT2D eigenvalue weighted by Gasteiger charge is -2.31. The number of hydrogen-bond donors (Lipinski definition) is 1. The van der Waals surface area contributed by atoms with Crippen molar-refractivity contribution in [2.45, 2.75) is 18.9 Å². The Morgan fingerprint density at radius 1 is 1.42 bits per heavy atom. The molecule has 134 valence electrons. The van der Waals surface area contributed by atoms with Crippen molar-refractivity contribution >= 4 is 32.9 Å². The lowest BCUT2D eigenvalue weighted by molar-refractivity contribution is 0.181. The Hall–Kier alpha value is -1.38. The molecule has 0 aromatic heterocycles. The van der Waals surface area contributed by atoms with Crippen LogP contribution in [0.5, 0.6) is 5.75 Å². The summed E-state index contributed by atoms with van der Waals surface area (Å²) in [4.78, 5) is 1.97. The van der Waals surface area contributed by atoms with Gasteiger partial charge in [0.05, 0.1) is 18.6 Å². The van der Waals surface area contributed by atoms with Crippen LogP contribution in [0.2, 0.25) is 0 Å². The summed E-state index contributed by atoms with van der Waals surface area (Å²) in [6, 6.07) is 7.39. The number of sulfone groups is 1. The zero-order valence-electron chi connectivity index (χ0n) is 14.0. The Balaban J connectivity index is 2.08. The van der Waals surface area contributed by atoms with Gasteiger partial charge in [-0.3, -0.25) is 0 Å². The Bertz CT molecular complexity index is 664. The van der Waals surface area contributed by atoms with E-state index in [2.05, 4.69) is 5.32 Å².